The van der Waals surface area contributed by atoms with Crippen LogP contribution in [0.25, 0.3) is 0 Å². The van der Waals surface area contributed by atoms with Crippen LogP contribution in [0.2, 0.25) is 0 Å². The molecule has 0 unspecified atom stereocenters. The van der Waals surface area contributed by atoms with Crippen molar-refractivity contribution in [3.8, 4) is 5.75 Å². The SMILES string of the molecule is CCC(=O)c1c(F)ccc(OC(=O)OC)c1F. The second kappa shape index (κ2) is 5.38. The molecular formula is C11H10F2O4. The fourth-order valence-corrected chi connectivity index (χ4v) is 1.18. The summed E-state index contributed by atoms with van der Waals surface area (Å²) >= 11 is 0. The molecule has 0 radical (unpaired) electrons. The Hall–Kier alpha value is -1.98. The number of hydrogen-bond donors (Lipinski definition) is 0. The first kappa shape index (κ1) is 13.1. The van der Waals surface area contributed by atoms with E-state index in [1.165, 1.54) is 6.92 Å². The first-order valence-electron chi connectivity index (χ1n) is 4.78. The van der Waals surface area contributed by atoms with Crippen molar-refractivity contribution in [2.45, 2.75) is 13.3 Å². The van der Waals surface area contributed by atoms with Crippen molar-refractivity contribution >= 4 is 11.9 Å². The van der Waals surface area contributed by atoms with Crippen molar-refractivity contribution in [1.29, 1.82) is 0 Å². The van der Waals surface area contributed by atoms with Crippen LogP contribution in [0.15, 0.2) is 12.1 Å². The number of methoxy groups -OCH3 is 1. The fraction of sp³-hybridized carbons (Fsp3) is 0.273. The number of rotatable bonds is 3. The molecule has 0 aromatic heterocycles. The summed E-state index contributed by atoms with van der Waals surface area (Å²) in [4.78, 5) is 22.1. The standard InChI is InChI=1S/C11H10F2O4/c1-3-7(14)9-6(12)4-5-8(10(9)13)17-11(15)16-2/h4-5H,3H2,1-2H3. The summed E-state index contributed by atoms with van der Waals surface area (Å²) in [6.07, 6.45) is -1.21. The van der Waals surface area contributed by atoms with E-state index in [1.54, 1.807) is 0 Å². The number of carbonyl (C=O) groups is 2. The molecule has 0 N–H and O–H groups in total. The Morgan fingerprint density at radius 2 is 1.94 bits per heavy atom. The number of halogens is 2. The second-order valence-electron chi connectivity index (χ2n) is 3.07. The molecule has 0 amide bonds. The molecule has 17 heavy (non-hydrogen) atoms. The third-order valence-electron chi connectivity index (χ3n) is 2.02. The molecule has 6 heteroatoms. The van der Waals surface area contributed by atoms with Crippen molar-refractivity contribution in [3.05, 3.63) is 29.3 Å². The van der Waals surface area contributed by atoms with Crippen LogP contribution in [0.3, 0.4) is 0 Å². The highest BCUT2D eigenvalue weighted by molar-refractivity contribution is 5.96. The average molecular weight is 244 g/mol. The summed E-state index contributed by atoms with van der Waals surface area (Å²) in [7, 11) is 1.04. The molecule has 1 aromatic rings. The molecule has 0 aliphatic heterocycles. The summed E-state index contributed by atoms with van der Waals surface area (Å²) < 4.78 is 35.5. The van der Waals surface area contributed by atoms with E-state index in [2.05, 4.69) is 9.47 Å². The number of hydrogen-bond acceptors (Lipinski definition) is 4. The van der Waals surface area contributed by atoms with Gasteiger partial charge >= 0.3 is 6.16 Å². The van der Waals surface area contributed by atoms with E-state index in [1.807, 2.05) is 0 Å². The summed E-state index contributed by atoms with van der Waals surface area (Å²) in [6, 6.07) is 1.76. The van der Waals surface area contributed by atoms with Gasteiger partial charge in [0.1, 0.15) is 5.82 Å². The maximum Gasteiger partial charge on any atom is 0.513 e. The lowest BCUT2D eigenvalue weighted by Crippen LogP contribution is -2.12. The molecule has 0 bridgehead atoms. The Balaban J connectivity index is 3.19. The van der Waals surface area contributed by atoms with Gasteiger partial charge in [0.25, 0.3) is 0 Å². The molecule has 4 nitrogen and oxygen atoms in total. The van der Waals surface area contributed by atoms with Crippen LogP contribution < -0.4 is 4.74 Å². The number of Topliss-reactive ketones (excluding diaryl/α,β-unsaturated/α-hetero) is 1. The molecule has 0 saturated heterocycles. The highest BCUT2D eigenvalue weighted by Crippen LogP contribution is 2.24. The smallest absolute Gasteiger partial charge is 0.437 e. The van der Waals surface area contributed by atoms with Gasteiger partial charge in [0, 0.05) is 6.42 Å². The third-order valence-corrected chi connectivity index (χ3v) is 2.02. The van der Waals surface area contributed by atoms with E-state index >= 15 is 0 Å². The third kappa shape index (κ3) is 2.77. The topological polar surface area (TPSA) is 52.6 Å². The first-order chi connectivity index (χ1) is 8.01. The average Bonchev–Trinajstić information content (AvgIpc) is 2.32. The minimum Gasteiger partial charge on any atom is -0.437 e. The van der Waals surface area contributed by atoms with E-state index in [4.69, 9.17) is 0 Å². The molecule has 0 saturated carbocycles. The van der Waals surface area contributed by atoms with Gasteiger partial charge in [-0.25, -0.2) is 13.6 Å². The van der Waals surface area contributed by atoms with Crippen molar-refractivity contribution < 1.29 is 27.8 Å². The van der Waals surface area contributed by atoms with Crippen LogP contribution >= 0.6 is 0 Å². The normalized spacial score (nSPS) is 9.88. The van der Waals surface area contributed by atoms with Crippen molar-refractivity contribution in [3.63, 3.8) is 0 Å². The lowest BCUT2D eigenvalue weighted by molar-refractivity contribution is 0.0975. The second-order valence-corrected chi connectivity index (χ2v) is 3.07. The molecule has 0 spiro atoms. The molecular weight excluding hydrogens is 234 g/mol. The minimum atomic E-state index is -1.21. The molecule has 92 valence electrons. The van der Waals surface area contributed by atoms with Crippen LogP contribution in [0.5, 0.6) is 5.75 Å². The molecule has 0 aliphatic rings. The Kier molecular flexibility index (Phi) is 4.14. The molecule has 0 heterocycles. The largest absolute Gasteiger partial charge is 0.513 e. The molecule has 0 fully saturated rings. The molecule has 1 aromatic carbocycles. The maximum atomic E-state index is 13.7. The Labute approximate surface area is 96.1 Å². The molecule has 0 atom stereocenters. The van der Waals surface area contributed by atoms with E-state index in [-0.39, 0.29) is 6.42 Å². The number of benzene rings is 1. The molecule has 0 aliphatic carbocycles. The maximum absolute atomic E-state index is 13.7. The summed E-state index contributed by atoms with van der Waals surface area (Å²) in [5.41, 5.74) is -0.714. The van der Waals surface area contributed by atoms with E-state index < -0.39 is 34.9 Å². The predicted molar refractivity (Wildman–Crippen MR) is 54.0 cm³/mol. The molecule has 1 rings (SSSR count). The fourth-order valence-electron chi connectivity index (χ4n) is 1.18. The van der Waals surface area contributed by atoms with Gasteiger partial charge in [-0.05, 0) is 12.1 Å². The van der Waals surface area contributed by atoms with Crippen molar-refractivity contribution in [2.24, 2.45) is 0 Å². The predicted octanol–water partition coefficient (Wildman–Crippen LogP) is 2.70. The van der Waals surface area contributed by atoms with Gasteiger partial charge in [0.2, 0.25) is 0 Å². The van der Waals surface area contributed by atoms with Gasteiger partial charge < -0.3 is 9.47 Å². The van der Waals surface area contributed by atoms with E-state index in [9.17, 15) is 18.4 Å². The number of ketones is 1. The highest BCUT2D eigenvalue weighted by atomic mass is 19.1. The minimum absolute atomic E-state index is 0.0600. The number of carbonyl (C=O) groups excluding carboxylic acids is 2. The Morgan fingerprint density at radius 1 is 1.29 bits per heavy atom. The lowest BCUT2D eigenvalue weighted by Gasteiger charge is -2.07. The van der Waals surface area contributed by atoms with Gasteiger partial charge in [-0.15, -0.1) is 0 Å². The van der Waals surface area contributed by atoms with Crippen molar-refractivity contribution in [1.82, 2.24) is 0 Å². The van der Waals surface area contributed by atoms with Gasteiger partial charge in [0.15, 0.2) is 17.3 Å². The lowest BCUT2D eigenvalue weighted by atomic mass is 10.1. The first-order valence-corrected chi connectivity index (χ1v) is 4.78. The monoisotopic (exact) mass is 244 g/mol. The quantitative estimate of drug-likeness (QED) is 0.466. The Bertz CT molecular complexity index is 457. The zero-order valence-electron chi connectivity index (χ0n) is 9.25. The van der Waals surface area contributed by atoms with Crippen LogP contribution in [0.1, 0.15) is 23.7 Å². The van der Waals surface area contributed by atoms with Crippen LogP contribution in [0, 0.1) is 11.6 Å². The zero-order valence-corrected chi connectivity index (χ0v) is 9.25. The van der Waals surface area contributed by atoms with Gasteiger partial charge in [-0.2, -0.15) is 0 Å². The summed E-state index contributed by atoms with van der Waals surface area (Å²) in [5.74, 6) is -3.46. The van der Waals surface area contributed by atoms with Crippen LogP contribution in [-0.4, -0.2) is 19.0 Å². The van der Waals surface area contributed by atoms with Gasteiger partial charge in [-0.1, -0.05) is 6.92 Å². The summed E-state index contributed by atoms with van der Waals surface area (Å²) in [5, 5.41) is 0. The van der Waals surface area contributed by atoms with Crippen LogP contribution in [-0.2, 0) is 4.74 Å². The van der Waals surface area contributed by atoms with Crippen LogP contribution in [0.4, 0.5) is 13.6 Å². The van der Waals surface area contributed by atoms with Crippen molar-refractivity contribution in [2.75, 3.05) is 7.11 Å². The van der Waals surface area contributed by atoms with Gasteiger partial charge in [0.05, 0.1) is 12.7 Å². The number of ether oxygens (including phenoxy) is 2. The van der Waals surface area contributed by atoms with E-state index in [0.29, 0.717) is 0 Å². The van der Waals surface area contributed by atoms with Gasteiger partial charge in [-0.3, -0.25) is 4.79 Å². The Morgan fingerprint density at radius 3 is 2.47 bits per heavy atom. The highest BCUT2D eigenvalue weighted by Gasteiger charge is 2.21. The van der Waals surface area contributed by atoms with E-state index in [0.717, 1.165) is 19.2 Å². The zero-order chi connectivity index (χ0) is 13.0. The summed E-state index contributed by atoms with van der Waals surface area (Å²) in [6.45, 7) is 1.47.